The SMILES string of the molecule is COc1ccc(CN(Cc2ccc(OC)cc2)c2nc(N3CCOCC3)nc3c(C(O)C(F)(F)F)cnn23)cc1. The molecule has 1 atom stereocenters. The van der Waals surface area contributed by atoms with E-state index in [1.807, 2.05) is 58.3 Å². The van der Waals surface area contributed by atoms with Crippen LogP contribution in [0.5, 0.6) is 11.5 Å². The lowest BCUT2D eigenvalue weighted by Gasteiger charge is -2.29. The molecule has 2 aromatic carbocycles. The summed E-state index contributed by atoms with van der Waals surface area (Å²) in [6.07, 6.45) is -6.64. The molecule has 1 unspecified atom stereocenters. The molecule has 4 aromatic rings. The maximum Gasteiger partial charge on any atom is 0.418 e. The minimum atomic E-state index is -4.89. The van der Waals surface area contributed by atoms with Crippen molar-refractivity contribution in [2.45, 2.75) is 25.4 Å². The Balaban J connectivity index is 1.63. The van der Waals surface area contributed by atoms with Crippen LogP contribution in [0.3, 0.4) is 0 Å². The summed E-state index contributed by atoms with van der Waals surface area (Å²) in [5.41, 5.74) is 1.26. The number of aromatic nitrogens is 4. The molecule has 1 N–H and O–H groups in total. The fourth-order valence-corrected chi connectivity index (χ4v) is 4.45. The summed E-state index contributed by atoms with van der Waals surface area (Å²) in [6.45, 7) is 2.50. The molecule has 40 heavy (non-hydrogen) atoms. The standard InChI is InChI=1S/C27H29F3N6O4/c1-38-20-7-3-18(4-8-20)16-35(17-19-5-9-21(39-2)10-6-19)26-33-25(34-11-13-40-14-12-34)32-24-22(15-31-36(24)26)23(37)27(28,29)30/h3-10,15,23,37H,11-14,16-17H2,1-2H3. The summed E-state index contributed by atoms with van der Waals surface area (Å²) in [5, 5.41) is 14.3. The van der Waals surface area contributed by atoms with Crippen LogP contribution < -0.4 is 19.3 Å². The molecule has 0 bridgehead atoms. The van der Waals surface area contributed by atoms with E-state index in [1.54, 1.807) is 14.2 Å². The van der Waals surface area contributed by atoms with Gasteiger partial charge in [-0.15, -0.1) is 0 Å². The topological polar surface area (TPSA) is 97.5 Å². The summed E-state index contributed by atoms with van der Waals surface area (Å²) >= 11 is 0. The van der Waals surface area contributed by atoms with Crippen LogP contribution >= 0.6 is 0 Å². The van der Waals surface area contributed by atoms with Crippen LogP contribution in [-0.2, 0) is 17.8 Å². The number of morpholine rings is 1. The van der Waals surface area contributed by atoms with Crippen molar-refractivity contribution >= 4 is 17.5 Å². The van der Waals surface area contributed by atoms with Crippen molar-refractivity contribution in [3.63, 3.8) is 0 Å². The van der Waals surface area contributed by atoms with Gasteiger partial charge in [0.25, 0.3) is 0 Å². The molecule has 1 aliphatic rings. The number of methoxy groups -OCH3 is 2. The molecule has 0 radical (unpaired) electrons. The first kappa shape index (κ1) is 27.5. The number of rotatable bonds is 9. The van der Waals surface area contributed by atoms with Gasteiger partial charge in [-0.05, 0) is 35.4 Å². The van der Waals surface area contributed by atoms with Crippen LogP contribution in [0.4, 0.5) is 25.1 Å². The van der Waals surface area contributed by atoms with Crippen molar-refractivity contribution in [2.24, 2.45) is 0 Å². The first-order valence-corrected chi connectivity index (χ1v) is 12.6. The molecule has 0 spiro atoms. The normalized spacial score (nSPS) is 14.8. The molecular weight excluding hydrogens is 529 g/mol. The monoisotopic (exact) mass is 558 g/mol. The molecule has 3 heterocycles. The van der Waals surface area contributed by atoms with E-state index < -0.39 is 17.8 Å². The van der Waals surface area contributed by atoms with Gasteiger partial charge in [0.15, 0.2) is 11.8 Å². The Bertz CT molecular complexity index is 1370. The molecule has 10 nitrogen and oxygen atoms in total. The van der Waals surface area contributed by atoms with E-state index in [4.69, 9.17) is 19.2 Å². The summed E-state index contributed by atoms with van der Waals surface area (Å²) < 4.78 is 57.9. The van der Waals surface area contributed by atoms with Gasteiger partial charge in [0, 0.05) is 26.2 Å². The smallest absolute Gasteiger partial charge is 0.418 e. The van der Waals surface area contributed by atoms with E-state index in [-0.39, 0.29) is 17.5 Å². The highest BCUT2D eigenvalue weighted by Gasteiger charge is 2.42. The third-order valence-electron chi connectivity index (χ3n) is 6.61. The number of aliphatic hydroxyl groups is 1. The minimum absolute atomic E-state index is 0.120. The highest BCUT2D eigenvalue weighted by molar-refractivity contribution is 5.57. The van der Waals surface area contributed by atoms with Crippen LogP contribution in [0.2, 0.25) is 0 Å². The highest BCUT2D eigenvalue weighted by atomic mass is 19.4. The van der Waals surface area contributed by atoms with E-state index in [9.17, 15) is 18.3 Å². The lowest BCUT2D eigenvalue weighted by atomic mass is 10.1. The van der Waals surface area contributed by atoms with Crippen molar-refractivity contribution in [3.05, 3.63) is 71.4 Å². The van der Waals surface area contributed by atoms with Gasteiger partial charge in [-0.1, -0.05) is 24.3 Å². The van der Waals surface area contributed by atoms with Gasteiger partial charge in [-0.3, -0.25) is 0 Å². The highest BCUT2D eigenvalue weighted by Crippen LogP contribution is 2.35. The molecule has 1 fully saturated rings. The molecule has 0 aliphatic carbocycles. The number of hydrogen-bond acceptors (Lipinski definition) is 9. The Hall–Kier alpha value is -4.10. The van der Waals surface area contributed by atoms with Crippen LogP contribution in [0.25, 0.3) is 5.65 Å². The van der Waals surface area contributed by atoms with Crippen LogP contribution in [-0.4, -0.2) is 71.4 Å². The zero-order chi connectivity index (χ0) is 28.3. The third-order valence-corrected chi connectivity index (χ3v) is 6.61. The van der Waals surface area contributed by atoms with E-state index in [0.717, 1.165) is 17.3 Å². The number of nitrogens with zero attached hydrogens (tertiary/aromatic N) is 6. The molecule has 13 heteroatoms. The Morgan fingerprint density at radius 2 is 1.48 bits per heavy atom. The number of ether oxygens (including phenoxy) is 3. The zero-order valence-electron chi connectivity index (χ0n) is 22.0. The van der Waals surface area contributed by atoms with Crippen molar-refractivity contribution < 1.29 is 32.5 Å². The molecule has 0 saturated carbocycles. The van der Waals surface area contributed by atoms with E-state index >= 15 is 0 Å². The van der Waals surface area contributed by atoms with E-state index in [0.29, 0.717) is 50.9 Å². The van der Waals surface area contributed by atoms with Gasteiger partial charge >= 0.3 is 6.18 Å². The predicted octanol–water partition coefficient (Wildman–Crippen LogP) is 3.78. The average molecular weight is 559 g/mol. The Kier molecular flexibility index (Phi) is 7.94. The Labute approximate surface area is 228 Å². The number of alkyl halides is 3. The van der Waals surface area contributed by atoms with Gasteiger partial charge in [0.2, 0.25) is 11.9 Å². The van der Waals surface area contributed by atoms with Crippen LogP contribution in [0, 0.1) is 0 Å². The molecule has 1 saturated heterocycles. The summed E-state index contributed by atoms with van der Waals surface area (Å²) in [7, 11) is 3.17. The maximum absolute atomic E-state index is 13.6. The summed E-state index contributed by atoms with van der Waals surface area (Å²) in [5.74, 6) is 1.90. The van der Waals surface area contributed by atoms with Crippen molar-refractivity contribution in [1.29, 1.82) is 0 Å². The van der Waals surface area contributed by atoms with Crippen LogP contribution in [0.1, 0.15) is 22.8 Å². The quantitative estimate of drug-likeness (QED) is 0.329. The van der Waals surface area contributed by atoms with Gasteiger partial charge in [0.05, 0.1) is 39.2 Å². The third kappa shape index (κ3) is 5.89. The molecular formula is C27H29F3N6O4. The summed E-state index contributed by atoms with van der Waals surface area (Å²) in [4.78, 5) is 13.0. The molecule has 0 amide bonds. The number of benzene rings is 2. The fraction of sp³-hybridized carbons (Fsp3) is 0.370. The molecule has 212 valence electrons. The lowest BCUT2D eigenvalue weighted by molar-refractivity contribution is -0.206. The first-order valence-electron chi connectivity index (χ1n) is 12.6. The van der Waals surface area contributed by atoms with Crippen molar-refractivity contribution in [2.75, 3.05) is 50.3 Å². The Morgan fingerprint density at radius 3 is 1.98 bits per heavy atom. The first-order chi connectivity index (χ1) is 19.3. The van der Waals surface area contributed by atoms with Gasteiger partial charge < -0.3 is 29.1 Å². The average Bonchev–Trinajstić information content (AvgIpc) is 3.40. The fourth-order valence-electron chi connectivity index (χ4n) is 4.45. The lowest BCUT2D eigenvalue weighted by Crippen LogP contribution is -2.38. The van der Waals surface area contributed by atoms with E-state index in [1.165, 1.54) is 4.52 Å². The van der Waals surface area contributed by atoms with Crippen LogP contribution in [0.15, 0.2) is 54.7 Å². The maximum atomic E-state index is 13.6. The summed E-state index contributed by atoms with van der Waals surface area (Å²) in [6, 6.07) is 15.0. The number of fused-ring (bicyclic) bond motifs is 1. The Morgan fingerprint density at radius 1 is 0.925 bits per heavy atom. The van der Waals surface area contributed by atoms with Crippen molar-refractivity contribution in [3.8, 4) is 11.5 Å². The number of aliphatic hydroxyl groups excluding tert-OH is 1. The number of anilines is 2. The van der Waals surface area contributed by atoms with E-state index in [2.05, 4.69) is 10.1 Å². The van der Waals surface area contributed by atoms with Gasteiger partial charge in [-0.25, -0.2) is 0 Å². The molecule has 1 aliphatic heterocycles. The largest absolute Gasteiger partial charge is 0.497 e. The molecule has 5 rings (SSSR count). The number of halogens is 3. The predicted molar refractivity (Wildman–Crippen MR) is 141 cm³/mol. The molecule has 2 aromatic heterocycles. The number of hydrogen-bond donors (Lipinski definition) is 1. The second-order valence-corrected chi connectivity index (χ2v) is 9.25. The second-order valence-electron chi connectivity index (χ2n) is 9.25. The van der Waals surface area contributed by atoms with Gasteiger partial charge in [0.1, 0.15) is 11.5 Å². The second kappa shape index (κ2) is 11.6. The van der Waals surface area contributed by atoms with Crippen molar-refractivity contribution in [1.82, 2.24) is 19.6 Å². The zero-order valence-corrected chi connectivity index (χ0v) is 22.0. The minimum Gasteiger partial charge on any atom is -0.497 e. The van der Waals surface area contributed by atoms with Gasteiger partial charge in [-0.2, -0.15) is 32.8 Å².